The Hall–Kier alpha value is -3.58. The summed E-state index contributed by atoms with van der Waals surface area (Å²) in [5.74, 6) is 0. The maximum Gasteiger partial charge on any atom is 0.269 e. The maximum atomic E-state index is 12.3. The summed E-state index contributed by atoms with van der Waals surface area (Å²) in [6, 6.07) is 38.8. The second kappa shape index (κ2) is 11.1. The van der Waals surface area contributed by atoms with Gasteiger partial charge >= 0.3 is 0 Å². The Balaban J connectivity index is 1.61. The van der Waals surface area contributed by atoms with Crippen molar-refractivity contribution < 1.29 is 14.8 Å². The minimum Gasteiger partial charge on any atom is -0.385 e. The van der Waals surface area contributed by atoms with Crippen molar-refractivity contribution in [3.63, 3.8) is 0 Å². The van der Waals surface area contributed by atoms with Gasteiger partial charge in [0.2, 0.25) is 0 Å². The first-order valence-corrected chi connectivity index (χ1v) is 16.1. The molecule has 4 aromatic carbocycles. The van der Waals surface area contributed by atoms with Gasteiger partial charge < -0.3 is 9.84 Å². The molecule has 206 valence electrons. The molecule has 1 aliphatic rings. The van der Waals surface area contributed by atoms with Crippen molar-refractivity contribution in [2.24, 2.45) is 0 Å². The molecule has 0 aromatic heterocycles. The minimum atomic E-state index is -2.48. The number of aliphatic hydroxyl groups is 1. The van der Waals surface area contributed by atoms with Crippen LogP contribution in [0.2, 0.25) is 11.1 Å². The SMILES string of the molecule is CC(C)(C)[Si](C[C@@H]1C[C@](O)(c2ccccc2)CC(c2ccc([N+](=O)[O-])cc2)O1)(c1ccccc1)c1ccccc1. The van der Waals surface area contributed by atoms with Crippen LogP contribution in [0.1, 0.15) is 50.8 Å². The number of ether oxygens (including phenoxy) is 1. The molecular weight excluding hydrogens is 514 g/mol. The highest BCUT2D eigenvalue weighted by Gasteiger charge is 2.52. The number of non-ortho nitro benzene ring substituents is 1. The second-order valence-electron chi connectivity index (χ2n) is 12.0. The van der Waals surface area contributed by atoms with Crippen molar-refractivity contribution in [2.45, 2.75) is 62.5 Å². The summed E-state index contributed by atoms with van der Waals surface area (Å²) >= 11 is 0. The molecule has 3 atom stereocenters. The topological polar surface area (TPSA) is 72.6 Å². The lowest BCUT2D eigenvalue weighted by molar-refractivity contribution is -0.384. The molecule has 1 aliphatic heterocycles. The van der Waals surface area contributed by atoms with E-state index in [4.69, 9.17) is 4.74 Å². The standard InChI is InChI=1S/C34H37NO4Si/c1-33(2,3)40(30-15-9-5-10-16-30,31-17-11-6-12-18-31)25-29-23-34(36,27-13-7-4-8-14-27)24-32(39-29)26-19-21-28(22-20-26)35(37)38/h4-22,29,32,36H,23-25H2,1-3H3/t29-,32?,34+/m0/s1. The highest BCUT2D eigenvalue weighted by atomic mass is 28.3. The fraction of sp³-hybridized carbons (Fsp3) is 0.294. The predicted octanol–water partition coefficient (Wildman–Crippen LogP) is 6.77. The van der Waals surface area contributed by atoms with Gasteiger partial charge in [-0.1, -0.05) is 122 Å². The van der Waals surface area contributed by atoms with Crippen LogP contribution < -0.4 is 10.4 Å². The number of hydrogen-bond acceptors (Lipinski definition) is 4. The molecule has 1 heterocycles. The average molecular weight is 552 g/mol. The highest BCUT2D eigenvalue weighted by Crippen LogP contribution is 2.48. The number of rotatable bonds is 7. The summed E-state index contributed by atoms with van der Waals surface area (Å²) in [6.07, 6.45) is 0.227. The molecule has 0 amide bonds. The largest absolute Gasteiger partial charge is 0.385 e. The molecule has 1 fully saturated rings. The summed E-state index contributed by atoms with van der Waals surface area (Å²) < 4.78 is 6.89. The number of nitrogens with zero attached hydrogens (tertiary/aromatic N) is 1. The molecule has 0 saturated carbocycles. The van der Waals surface area contributed by atoms with E-state index in [-0.39, 0.29) is 16.8 Å². The molecule has 0 aliphatic carbocycles. The van der Waals surface area contributed by atoms with Gasteiger partial charge in [0.25, 0.3) is 5.69 Å². The summed E-state index contributed by atoms with van der Waals surface area (Å²) in [4.78, 5) is 10.9. The van der Waals surface area contributed by atoms with Gasteiger partial charge in [-0.15, -0.1) is 0 Å². The van der Waals surface area contributed by atoms with Crippen molar-refractivity contribution >= 4 is 24.1 Å². The first-order valence-electron chi connectivity index (χ1n) is 13.9. The Labute approximate surface area is 237 Å². The van der Waals surface area contributed by atoms with Crippen LogP contribution >= 0.6 is 0 Å². The van der Waals surface area contributed by atoms with Crippen molar-refractivity contribution in [2.75, 3.05) is 0 Å². The molecule has 1 saturated heterocycles. The summed E-state index contributed by atoms with van der Waals surface area (Å²) in [5, 5.41) is 26.2. The Morgan fingerprint density at radius 1 is 0.825 bits per heavy atom. The van der Waals surface area contributed by atoms with E-state index in [9.17, 15) is 15.2 Å². The Morgan fingerprint density at radius 2 is 1.32 bits per heavy atom. The number of nitro groups is 1. The van der Waals surface area contributed by atoms with Crippen molar-refractivity contribution in [1.82, 2.24) is 0 Å². The van der Waals surface area contributed by atoms with Gasteiger partial charge in [0.15, 0.2) is 0 Å². The zero-order valence-corrected chi connectivity index (χ0v) is 24.4. The molecule has 5 nitrogen and oxygen atoms in total. The molecule has 6 heteroatoms. The number of benzene rings is 4. The van der Waals surface area contributed by atoms with Crippen LogP contribution in [0.3, 0.4) is 0 Å². The monoisotopic (exact) mass is 551 g/mol. The van der Waals surface area contributed by atoms with E-state index < -0.39 is 24.7 Å². The fourth-order valence-corrected chi connectivity index (χ4v) is 12.2. The van der Waals surface area contributed by atoms with E-state index in [0.717, 1.165) is 17.2 Å². The van der Waals surface area contributed by atoms with Crippen LogP contribution in [-0.4, -0.2) is 24.2 Å². The van der Waals surface area contributed by atoms with Gasteiger partial charge in [-0.25, -0.2) is 0 Å². The number of hydrogen-bond donors (Lipinski definition) is 1. The zero-order chi connectivity index (χ0) is 28.4. The van der Waals surface area contributed by atoms with Crippen LogP contribution in [0, 0.1) is 10.1 Å². The second-order valence-corrected chi connectivity index (χ2v) is 16.9. The third-order valence-electron chi connectivity index (χ3n) is 8.58. The van der Waals surface area contributed by atoms with E-state index in [1.165, 1.54) is 22.5 Å². The van der Waals surface area contributed by atoms with Crippen LogP contribution in [-0.2, 0) is 10.3 Å². The Bertz CT molecular complexity index is 1380. The average Bonchev–Trinajstić information content (AvgIpc) is 2.96. The van der Waals surface area contributed by atoms with E-state index >= 15 is 0 Å². The minimum absolute atomic E-state index is 0.0433. The van der Waals surface area contributed by atoms with E-state index in [1.54, 1.807) is 12.1 Å². The Kier molecular flexibility index (Phi) is 7.78. The Morgan fingerprint density at radius 3 is 1.80 bits per heavy atom. The summed E-state index contributed by atoms with van der Waals surface area (Å²) in [5.41, 5.74) is 0.661. The highest BCUT2D eigenvalue weighted by molar-refractivity contribution is 7.04. The zero-order valence-electron chi connectivity index (χ0n) is 23.4. The molecule has 4 aromatic rings. The van der Waals surface area contributed by atoms with Crippen LogP contribution in [0.25, 0.3) is 0 Å². The lowest BCUT2D eigenvalue weighted by atomic mass is 9.80. The van der Waals surface area contributed by atoms with Crippen LogP contribution in [0.15, 0.2) is 115 Å². The molecule has 0 radical (unpaired) electrons. The lowest BCUT2D eigenvalue weighted by Gasteiger charge is -2.49. The maximum absolute atomic E-state index is 12.3. The smallest absolute Gasteiger partial charge is 0.269 e. The third kappa shape index (κ3) is 5.39. The predicted molar refractivity (Wildman–Crippen MR) is 163 cm³/mol. The van der Waals surface area contributed by atoms with Crippen LogP contribution in [0.5, 0.6) is 0 Å². The molecule has 5 rings (SSSR count). The van der Waals surface area contributed by atoms with E-state index in [0.29, 0.717) is 12.8 Å². The van der Waals surface area contributed by atoms with Gasteiger partial charge in [-0.3, -0.25) is 10.1 Å². The molecule has 40 heavy (non-hydrogen) atoms. The van der Waals surface area contributed by atoms with Crippen LogP contribution in [0.4, 0.5) is 5.69 Å². The molecule has 0 bridgehead atoms. The molecule has 1 unspecified atom stereocenters. The van der Waals surface area contributed by atoms with Crippen molar-refractivity contribution in [3.8, 4) is 0 Å². The van der Waals surface area contributed by atoms with Crippen molar-refractivity contribution in [3.05, 3.63) is 137 Å². The van der Waals surface area contributed by atoms with Gasteiger partial charge in [0.1, 0.15) is 8.07 Å². The first kappa shape index (κ1) is 28.0. The lowest BCUT2D eigenvalue weighted by Crippen LogP contribution is -2.66. The van der Waals surface area contributed by atoms with Gasteiger partial charge in [-0.05, 0) is 34.3 Å². The molecule has 0 spiro atoms. The normalized spacial score (nSPS) is 21.6. The fourth-order valence-electron chi connectivity index (χ4n) is 6.57. The van der Waals surface area contributed by atoms with E-state index in [2.05, 4.69) is 81.4 Å². The van der Waals surface area contributed by atoms with Gasteiger partial charge in [-0.2, -0.15) is 0 Å². The number of nitro benzene ring substituents is 1. The summed E-state index contributed by atoms with van der Waals surface area (Å²) in [6.45, 7) is 7.00. The summed E-state index contributed by atoms with van der Waals surface area (Å²) in [7, 11) is -2.48. The van der Waals surface area contributed by atoms with E-state index in [1.807, 2.05) is 30.3 Å². The quantitative estimate of drug-likeness (QED) is 0.156. The van der Waals surface area contributed by atoms with Gasteiger partial charge in [0, 0.05) is 25.0 Å². The van der Waals surface area contributed by atoms with Gasteiger partial charge in [0.05, 0.1) is 22.7 Å². The van der Waals surface area contributed by atoms with Crippen molar-refractivity contribution in [1.29, 1.82) is 0 Å². The molecule has 1 N–H and O–H groups in total. The molecular formula is C34H37NO4Si. The third-order valence-corrected chi connectivity index (χ3v) is 14.8. The first-order chi connectivity index (χ1) is 19.1.